The molecule has 1 aliphatic heterocycles. The molecule has 0 radical (unpaired) electrons. The van der Waals surface area contributed by atoms with E-state index in [1.165, 1.54) is 0 Å². The number of nitrogens with zero attached hydrogens (tertiary/aromatic N) is 2. The van der Waals surface area contributed by atoms with E-state index in [9.17, 15) is 14.4 Å². The number of methoxy groups -OCH3 is 2. The number of hydrogen-bond donors (Lipinski definition) is 1. The zero-order valence-electron chi connectivity index (χ0n) is 15.4. The van der Waals surface area contributed by atoms with Crippen LogP contribution in [-0.2, 0) is 19.1 Å². The first-order chi connectivity index (χ1) is 11.9. The minimum atomic E-state index is -0.812. The number of carbonyl (C=O) groups is 3. The number of ether oxygens (including phenoxy) is 2. The number of rotatable bonds is 8. The molecule has 0 aromatic rings. The van der Waals surface area contributed by atoms with E-state index in [1.54, 1.807) is 19.1 Å². The van der Waals surface area contributed by atoms with Crippen LogP contribution in [0.15, 0.2) is 0 Å². The number of nitrogens with one attached hydrogen (secondary N) is 1. The number of urea groups is 1. The lowest BCUT2D eigenvalue weighted by atomic mass is 9.77. The maximum absolute atomic E-state index is 12.8. The monoisotopic (exact) mass is 355 g/mol. The van der Waals surface area contributed by atoms with Crippen LogP contribution in [0.5, 0.6) is 0 Å². The Kier molecular flexibility index (Phi) is 6.78. The summed E-state index contributed by atoms with van der Waals surface area (Å²) in [4.78, 5) is 40.3. The van der Waals surface area contributed by atoms with Crippen molar-refractivity contribution in [3.63, 3.8) is 0 Å². The fourth-order valence-electron chi connectivity index (χ4n) is 3.41. The fourth-order valence-corrected chi connectivity index (χ4v) is 3.41. The molecule has 2 fully saturated rings. The van der Waals surface area contributed by atoms with Crippen molar-refractivity contribution in [3.05, 3.63) is 0 Å². The molecular formula is C17H29N3O5. The molecule has 1 saturated heterocycles. The van der Waals surface area contributed by atoms with E-state index in [0.717, 1.165) is 17.7 Å². The Morgan fingerprint density at radius 3 is 2.28 bits per heavy atom. The molecule has 142 valence electrons. The van der Waals surface area contributed by atoms with E-state index in [4.69, 9.17) is 9.47 Å². The first kappa shape index (κ1) is 19.7. The summed E-state index contributed by atoms with van der Waals surface area (Å²) >= 11 is 0. The summed E-state index contributed by atoms with van der Waals surface area (Å²) in [5, 5.41) is 2.84. The molecule has 1 saturated carbocycles. The van der Waals surface area contributed by atoms with Crippen LogP contribution in [0.3, 0.4) is 0 Å². The third-order valence-corrected chi connectivity index (χ3v) is 5.15. The maximum atomic E-state index is 12.8. The van der Waals surface area contributed by atoms with Gasteiger partial charge in [0.2, 0.25) is 5.91 Å². The first-order valence-electron chi connectivity index (χ1n) is 8.83. The van der Waals surface area contributed by atoms with Crippen molar-refractivity contribution in [2.45, 2.75) is 38.1 Å². The second-order valence-corrected chi connectivity index (χ2v) is 6.95. The van der Waals surface area contributed by atoms with Gasteiger partial charge in [0.05, 0.1) is 13.2 Å². The van der Waals surface area contributed by atoms with Crippen molar-refractivity contribution >= 4 is 17.8 Å². The van der Waals surface area contributed by atoms with E-state index in [1.807, 2.05) is 0 Å². The Bertz CT molecular complexity index is 495. The van der Waals surface area contributed by atoms with Crippen molar-refractivity contribution in [1.29, 1.82) is 0 Å². The molecule has 8 nitrogen and oxygen atoms in total. The largest absolute Gasteiger partial charge is 0.383 e. The van der Waals surface area contributed by atoms with Gasteiger partial charge in [-0.2, -0.15) is 0 Å². The van der Waals surface area contributed by atoms with E-state index in [0.29, 0.717) is 45.1 Å². The lowest BCUT2D eigenvalue weighted by Gasteiger charge is -2.33. The van der Waals surface area contributed by atoms with E-state index in [2.05, 4.69) is 12.2 Å². The van der Waals surface area contributed by atoms with Gasteiger partial charge in [0.15, 0.2) is 0 Å². The first-order valence-corrected chi connectivity index (χ1v) is 8.83. The summed E-state index contributed by atoms with van der Waals surface area (Å²) in [6.07, 6.45) is 3.09. The highest BCUT2D eigenvalue weighted by molar-refractivity contribution is 6.09. The molecule has 0 aromatic heterocycles. The van der Waals surface area contributed by atoms with Crippen molar-refractivity contribution in [2.24, 2.45) is 5.92 Å². The lowest BCUT2D eigenvalue weighted by Crippen LogP contribution is -2.50. The van der Waals surface area contributed by atoms with Gasteiger partial charge in [0, 0.05) is 27.3 Å². The van der Waals surface area contributed by atoms with Crippen molar-refractivity contribution < 1.29 is 23.9 Å². The minimum absolute atomic E-state index is 0.241. The van der Waals surface area contributed by atoms with Crippen LogP contribution in [0, 0.1) is 5.92 Å². The van der Waals surface area contributed by atoms with Crippen LogP contribution < -0.4 is 5.32 Å². The Morgan fingerprint density at radius 2 is 1.76 bits per heavy atom. The van der Waals surface area contributed by atoms with Crippen LogP contribution in [0.1, 0.15) is 32.6 Å². The molecule has 0 aromatic carbocycles. The van der Waals surface area contributed by atoms with Crippen LogP contribution in [0.2, 0.25) is 0 Å². The second-order valence-electron chi connectivity index (χ2n) is 6.95. The van der Waals surface area contributed by atoms with Crippen LogP contribution >= 0.6 is 0 Å². The predicted molar refractivity (Wildman–Crippen MR) is 90.9 cm³/mol. The summed E-state index contributed by atoms with van der Waals surface area (Å²) in [5.41, 5.74) is -0.812. The summed E-state index contributed by atoms with van der Waals surface area (Å²) in [5.74, 6) is 0.0135. The van der Waals surface area contributed by atoms with Gasteiger partial charge in [-0.15, -0.1) is 0 Å². The Morgan fingerprint density at radius 1 is 1.20 bits per heavy atom. The molecular weight excluding hydrogens is 326 g/mol. The Hall–Kier alpha value is -1.67. The molecule has 1 heterocycles. The highest BCUT2D eigenvalue weighted by Crippen LogP contribution is 2.36. The highest BCUT2D eigenvalue weighted by atomic mass is 16.5. The molecule has 2 aliphatic rings. The van der Waals surface area contributed by atoms with E-state index >= 15 is 0 Å². The molecule has 0 bridgehead atoms. The summed E-state index contributed by atoms with van der Waals surface area (Å²) in [7, 11) is 3.12. The topological polar surface area (TPSA) is 88.2 Å². The van der Waals surface area contributed by atoms with Crippen molar-refractivity contribution in [3.8, 4) is 0 Å². The van der Waals surface area contributed by atoms with Crippen LogP contribution in [0.4, 0.5) is 4.79 Å². The molecule has 8 heteroatoms. The molecule has 2 rings (SSSR count). The molecule has 0 atom stereocenters. The van der Waals surface area contributed by atoms with Gasteiger partial charge in [-0.1, -0.05) is 6.92 Å². The van der Waals surface area contributed by atoms with Gasteiger partial charge in [0.1, 0.15) is 12.1 Å². The van der Waals surface area contributed by atoms with Crippen molar-refractivity contribution in [2.75, 3.05) is 47.1 Å². The van der Waals surface area contributed by atoms with Crippen LogP contribution in [-0.4, -0.2) is 80.3 Å². The number of imide groups is 1. The van der Waals surface area contributed by atoms with Crippen molar-refractivity contribution in [1.82, 2.24) is 15.1 Å². The maximum Gasteiger partial charge on any atom is 0.325 e. The zero-order valence-corrected chi connectivity index (χ0v) is 15.4. The number of amides is 4. The Balaban J connectivity index is 2.01. The minimum Gasteiger partial charge on any atom is -0.383 e. The summed E-state index contributed by atoms with van der Waals surface area (Å²) < 4.78 is 10.0. The third-order valence-electron chi connectivity index (χ3n) is 5.15. The number of hydrogen-bond acceptors (Lipinski definition) is 5. The highest BCUT2D eigenvalue weighted by Gasteiger charge is 2.52. The van der Waals surface area contributed by atoms with Gasteiger partial charge >= 0.3 is 6.03 Å². The second kappa shape index (κ2) is 8.62. The summed E-state index contributed by atoms with van der Waals surface area (Å²) in [6, 6.07) is -0.466. The molecule has 1 aliphatic carbocycles. The third kappa shape index (κ3) is 4.49. The van der Waals surface area contributed by atoms with Gasteiger partial charge in [-0.25, -0.2) is 4.79 Å². The summed E-state index contributed by atoms with van der Waals surface area (Å²) in [6.45, 7) is 3.47. The standard InChI is InChI=1S/C17H29N3O5/c1-13-4-6-17(7-5-13)15(22)20(16(23)18-17)12-14(21)19(8-10-24-2)9-11-25-3/h13H,4-12H2,1-3H3,(H,18,23). The molecule has 25 heavy (non-hydrogen) atoms. The van der Waals surface area contributed by atoms with Gasteiger partial charge in [0.25, 0.3) is 5.91 Å². The van der Waals surface area contributed by atoms with Crippen LogP contribution in [0.25, 0.3) is 0 Å². The molecule has 0 unspecified atom stereocenters. The normalized spacial score (nSPS) is 26.2. The molecule has 1 spiro atoms. The molecule has 4 amide bonds. The van der Waals surface area contributed by atoms with Gasteiger partial charge < -0.3 is 19.7 Å². The average molecular weight is 355 g/mol. The predicted octanol–water partition coefficient (Wildman–Crippen LogP) is 0.609. The van der Waals surface area contributed by atoms with Gasteiger partial charge in [-0.3, -0.25) is 14.5 Å². The smallest absolute Gasteiger partial charge is 0.325 e. The van der Waals surface area contributed by atoms with E-state index in [-0.39, 0.29) is 18.4 Å². The lowest BCUT2D eigenvalue weighted by molar-refractivity contribution is -0.140. The SMILES string of the molecule is COCCN(CCOC)C(=O)CN1C(=O)NC2(CCC(C)CC2)C1=O. The van der Waals surface area contributed by atoms with Gasteiger partial charge in [-0.05, 0) is 31.6 Å². The Labute approximate surface area is 148 Å². The molecule has 1 N–H and O–H groups in total. The zero-order chi connectivity index (χ0) is 18.4. The fraction of sp³-hybridized carbons (Fsp3) is 0.824. The van der Waals surface area contributed by atoms with E-state index < -0.39 is 11.6 Å². The number of carbonyl (C=O) groups excluding carboxylic acids is 3. The average Bonchev–Trinajstić information content (AvgIpc) is 2.82. The quantitative estimate of drug-likeness (QED) is 0.645.